The van der Waals surface area contributed by atoms with Crippen LogP contribution in [-0.2, 0) is 20.0 Å². The molecule has 0 atom stereocenters. The summed E-state index contributed by atoms with van der Waals surface area (Å²) in [4.78, 5) is 16.8. The third-order valence-corrected chi connectivity index (χ3v) is 6.20. The number of aromatic nitrogens is 4. The van der Waals surface area contributed by atoms with Gasteiger partial charge >= 0.3 is 6.03 Å². The molecule has 1 fully saturated rings. The molecule has 0 saturated carbocycles. The van der Waals surface area contributed by atoms with E-state index in [9.17, 15) is 10.1 Å². The molecule has 5 rings (SSSR count). The van der Waals surface area contributed by atoms with Gasteiger partial charge in [0.05, 0.1) is 36.1 Å². The lowest BCUT2D eigenvalue weighted by atomic mass is 9.93. The van der Waals surface area contributed by atoms with E-state index < -0.39 is 0 Å². The van der Waals surface area contributed by atoms with Crippen LogP contribution in [0, 0.1) is 11.3 Å². The molecule has 0 aliphatic carbocycles. The number of aromatic amines is 1. The van der Waals surface area contributed by atoms with Crippen LogP contribution in [0.5, 0.6) is 0 Å². The van der Waals surface area contributed by atoms with Crippen molar-refractivity contribution in [1.29, 1.82) is 5.26 Å². The number of nitrogens with one attached hydrogen (secondary N) is 1. The summed E-state index contributed by atoms with van der Waals surface area (Å²) in [5, 5.41) is 22.4. The van der Waals surface area contributed by atoms with Crippen molar-refractivity contribution in [3.05, 3.63) is 53.0 Å². The van der Waals surface area contributed by atoms with Gasteiger partial charge in [0.25, 0.3) is 0 Å². The first-order valence-electron chi connectivity index (χ1n) is 10.2. The van der Waals surface area contributed by atoms with Crippen LogP contribution in [0.25, 0.3) is 16.5 Å². The van der Waals surface area contributed by atoms with Crippen LogP contribution in [0.1, 0.15) is 29.7 Å². The van der Waals surface area contributed by atoms with Crippen LogP contribution in [0.2, 0.25) is 0 Å². The van der Waals surface area contributed by atoms with Gasteiger partial charge in [0.1, 0.15) is 0 Å². The number of benzene rings is 1. The van der Waals surface area contributed by atoms with Crippen molar-refractivity contribution in [2.75, 3.05) is 19.6 Å². The molecule has 3 aromatic rings. The summed E-state index contributed by atoms with van der Waals surface area (Å²) in [6, 6.07) is 8.47. The summed E-state index contributed by atoms with van der Waals surface area (Å²) >= 11 is 0. The predicted octanol–water partition coefficient (Wildman–Crippen LogP) is 2.85. The van der Waals surface area contributed by atoms with Gasteiger partial charge in [-0.3, -0.25) is 9.78 Å². The summed E-state index contributed by atoms with van der Waals surface area (Å²) in [5.74, 6) is 0. The molecular formula is C22H23N7O. The molecule has 4 heterocycles. The standard InChI is InChI=1S/C22H23N7O/c1-27-21-16(13-25-27)3-2-4-18(21)19(11-23)15-5-8-28(9-6-15)22(30)29-10-7-20-17(14-29)12-24-26-20/h2-4,12-13H,5-10,14H2,1H3,(H,24,26). The van der Waals surface area contributed by atoms with Crippen molar-refractivity contribution in [1.82, 2.24) is 29.8 Å². The highest BCUT2D eigenvalue weighted by Crippen LogP contribution is 2.31. The van der Waals surface area contributed by atoms with Gasteiger partial charge in [-0.15, -0.1) is 0 Å². The van der Waals surface area contributed by atoms with Crippen molar-refractivity contribution >= 4 is 22.5 Å². The number of hydrogen-bond donors (Lipinski definition) is 1. The number of allylic oxidation sites excluding steroid dienone is 1. The molecule has 2 aliphatic heterocycles. The summed E-state index contributed by atoms with van der Waals surface area (Å²) in [6.45, 7) is 2.58. The Kier molecular flexibility index (Phi) is 4.51. The largest absolute Gasteiger partial charge is 0.324 e. The number of para-hydroxylation sites is 1. The SMILES string of the molecule is Cn1ncc2cccc(C(C#N)=C3CCN(C(=O)N4CCc5[nH]ncc5C4)CC3)c21. The lowest BCUT2D eigenvalue weighted by Crippen LogP contribution is -2.47. The van der Waals surface area contributed by atoms with Gasteiger partial charge in [0, 0.05) is 55.3 Å². The third kappa shape index (κ3) is 3.03. The van der Waals surface area contributed by atoms with Gasteiger partial charge in [-0.1, -0.05) is 18.2 Å². The summed E-state index contributed by atoms with van der Waals surface area (Å²) < 4.78 is 1.82. The zero-order chi connectivity index (χ0) is 20.7. The highest BCUT2D eigenvalue weighted by molar-refractivity contribution is 5.95. The van der Waals surface area contributed by atoms with Crippen LogP contribution >= 0.6 is 0 Å². The van der Waals surface area contributed by atoms with Crippen LogP contribution in [-0.4, -0.2) is 55.4 Å². The number of amides is 2. The summed E-state index contributed by atoms with van der Waals surface area (Å²) in [6.07, 6.45) is 5.88. The second-order valence-electron chi connectivity index (χ2n) is 7.92. The Balaban J connectivity index is 1.34. The van der Waals surface area contributed by atoms with E-state index in [1.165, 1.54) is 0 Å². The number of nitrogens with zero attached hydrogens (tertiary/aromatic N) is 6. The maximum atomic E-state index is 13.0. The van der Waals surface area contributed by atoms with Crippen molar-refractivity contribution in [2.45, 2.75) is 25.8 Å². The number of rotatable bonds is 1. The Morgan fingerprint density at radius 3 is 2.73 bits per heavy atom. The monoisotopic (exact) mass is 401 g/mol. The van der Waals surface area contributed by atoms with Gasteiger partial charge in [0.15, 0.2) is 0 Å². The van der Waals surface area contributed by atoms with E-state index >= 15 is 0 Å². The number of carbonyl (C=O) groups excluding carboxylic acids is 1. The summed E-state index contributed by atoms with van der Waals surface area (Å²) in [7, 11) is 1.90. The lowest BCUT2D eigenvalue weighted by molar-refractivity contribution is 0.144. The fraction of sp³-hybridized carbons (Fsp3) is 0.364. The van der Waals surface area contributed by atoms with Crippen LogP contribution in [0.15, 0.2) is 36.2 Å². The zero-order valence-electron chi connectivity index (χ0n) is 16.9. The second kappa shape index (κ2) is 7.34. The van der Waals surface area contributed by atoms with Crippen LogP contribution in [0.4, 0.5) is 4.79 Å². The molecule has 2 aliphatic rings. The Morgan fingerprint density at radius 1 is 1.13 bits per heavy atom. The van der Waals surface area contributed by atoms with Gasteiger partial charge in [-0.2, -0.15) is 15.5 Å². The Labute approximate surface area is 174 Å². The molecule has 0 unspecified atom stereocenters. The minimum Gasteiger partial charge on any atom is -0.324 e. The van der Waals surface area contributed by atoms with Crippen molar-refractivity contribution in [3.63, 3.8) is 0 Å². The number of likely N-dealkylation sites (tertiary alicyclic amines) is 1. The van der Waals surface area contributed by atoms with E-state index in [2.05, 4.69) is 21.4 Å². The molecule has 0 radical (unpaired) electrons. The number of piperidine rings is 1. The maximum Gasteiger partial charge on any atom is 0.320 e. The second-order valence-corrected chi connectivity index (χ2v) is 7.92. The molecule has 152 valence electrons. The number of H-pyrrole nitrogens is 1. The zero-order valence-corrected chi connectivity index (χ0v) is 16.9. The highest BCUT2D eigenvalue weighted by atomic mass is 16.2. The Morgan fingerprint density at radius 2 is 1.93 bits per heavy atom. The average molecular weight is 401 g/mol. The molecule has 8 nitrogen and oxygen atoms in total. The minimum atomic E-state index is 0.0770. The average Bonchev–Trinajstić information content (AvgIpc) is 3.41. The molecule has 1 saturated heterocycles. The number of nitriles is 1. The molecular weight excluding hydrogens is 378 g/mol. The lowest BCUT2D eigenvalue weighted by Gasteiger charge is -2.35. The topological polar surface area (TPSA) is 93.8 Å². The molecule has 2 amide bonds. The van der Waals surface area contributed by atoms with Crippen molar-refractivity contribution in [2.24, 2.45) is 7.05 Å². The molecule has 0 spiro atoms. The molecule has 0 bridgehead atoms. The molecule has 2 aromatic heterocycles. The van der Waals surface area contributed by atoms with Crippen molar-refractivity contribution in [3.8, 4) is 6.07 Å². The summed E-state index contributed by atoms with van der Waals surface area (Å²) in [5.41, 5.74) is 5.97. The number of aryl methyl sites for hydroxylation is 1. The maximum absolute atomic E-state index is 13.0. The van der Waals surface area contributed by atoms with Gasteiger partial charge in [-0.05, 0) is 18.4 Å². The third-order valence-electron chi connectivity index (χ3n) is 6.20. The van der Waals surface area contributed by atoms with E-state index in [-0.39, 0.29) is 6.03 Å². The number of fused-ring (bicyclic) bond motifs is 2. The van der Waals surface area contributed by atoms with Gasteiger partial charge in [0.2, 0.25) is 0 Å². The first-order valence-corrected chi connectivity index (χ1v) is 10.2. The van der Waals surface area contributed by atoms with Crippen LogP contribution in [0.3, 0.4) is 0 Å². The number of urea groups is 1. The normalized spacial score (nSPS) is 16.5. The fourth-order valence-corrected chi connectivity index (χ4v) is 4.57. The molecule has 30 heavy (non-hydrogen) atoms. The van der Waals surface area contributed by atoms with E-state index in [0.29, 0.717) is 39.0 Å². The molecule has 1 N–H and O–H groups in total. The van der Waals surface area contributed by atoms with Crippen molar-refractivity contribution < 1.29 is 4.79 Å². The van der Waals surface area contributed by atoms with E-state index in [0.717, 1.165) is 45.3 Å². The van der Waals surface area contributed by atoms with Gasteiger partial charge in [-0.25, -0.2) is 4.79 Å². The smallest absolute Gasteiger partial charge is 0.320 e. The van der Waals surface area contributed by atoms with Gasteiger partial charge < -0.3 is 9.80 Å². The van der Waals surface area contributed by atoms with E-state index in [1.54, 1.807) is 0 Å². The quantitative estimate of drug-likeness (QED) is 0.635. The van der Waals surface area contributed by atoms with Crippen LogP contribution < -0.4 is 0 Å². The Hall–Kier alpha value is -3.60. The fourth-order valence-electron chi connectivity index (χ4n) is 4.57. The molecule has 8 heteroatoms. The number of carbonyl (C=O) groups is 1. The van der Waals surface area contributed by atoms with E-state index in [4.69, 9.17) is 0 Å². The first-order chi connectivity index (χ1) is 14.7. The van der Waals surface area contributed by atoms with E-state index in [1.807, 2.05) is 52.1 Å². The highest BCUT2D eigenvalue weighted by Gasteiger charge is 2.28. The minimum absolute atomic E-state index is 0.0770. The Bertz CT molecular complexity index is 1190. The number of hydrogen-bond acceptors (Lipinski definition) is 4. The predicted molar refractivity (Wildman–Crippen MR) is 112 cm³/mol. The first kappa shape index (κ1) is 18.4. The molecule has 1 aromatic carbocycles.